The van der Waals surface area contributed by atoms with E-state index < -0.39 is 0 Å². The lowest BCUT2D eigenvalue weighted by Gasteiger charge is -1.96. The van der Waals surface area contributed by atoms with Crippen LogP contribution in [0.4, 0.5) is 0 Å². The number of hydrogen-bond acceptors (Lipinski definition) is 4. The summed E-state index contributed by atoms with van der Waals surface area (Å²) in [7, 11) is 1.60. The first-order valence-electron chi connectivity index (χ1n) is 4.14. The zero-order valence-corrected chi connectivity index (χ0v) is 8.69. The topological polar surface area (TPSA) is 39.2 Å². The Hall–Kier alpha value is -0.740. The number of ketones is 1. The highest BCUT2D eigenvalue weighted by Gasteiger charge is 2.05. The van der Waals surface area contributed by atoms with E-state index in [1.165, 1.54) is 0 Å². The lowest BCUT2D eigenvalue weighted by Crippen LogP contribution is -2.06. The fraction of sp³-hybridized carbons (Fsp3) is 0.556. The molecule has 1 aromatic rings. The van der Waals surface area contributed by atoms with Crippen LogP contribution in [0.3, 0.4) is 0 Å². The SMILES string of the molecule is COCCC(=O)Cc1csc(C)n1. The predicted octanol–water partition coefficient (Wildman–Crippen LogP) is 1.60. The van der Waals surface area contributed by atoms with Gasteiger partial charge in [-0.3, -0.25) is 4.79 Å². The number of rotatable bonds is 5. The zero-order valence-electron chi connectivity index (χ0n) is 7.87. The maximum Gasteiger partial charge on any atom is 0.141 e. The second-order valence-corrected chi connectivity index (χ2v) is 3.88. The molecule has 0 aromatic carbocycles. The van der Waals surface area contributed by atoms with Crippen molar-refractivity contribution < 1.29 is 9.53 Å². The van der Waals surface area contributed by atoms with Gasteiger partial charge < -0.3 is 4.74 Å². The lowest BCUT2D eigenvalue weighted by atomic mass is 10.2. The van der Waals surface area contributed by atoms with Crippen molar-refractivity contribution in [2.24, 2.45) is 0 Å². The standard InChI is InChI=1S/C9H13NO2S/c1-7-10-8(6-13-7)5-9(11)3-4-12-2/h6H,3-5H2,1-2H3. The summed E-state index contributed by atoms with van der Waals surface area (Å²) in [4.78, 5) is 15.5. The third-order valence-corrected chi connectivity index (χ3v) is 2.45. The number of ether oxygens (including phenoxy) is 1. The summed E-state index contributed by atoms with van der Waals surface area (Å²) < 4.78 is 4.82. The molecule has 0 spiro atoms. The van der Waals surface area contributed by atoms with Gasteiger partial charge in [-0.2, -0.15) is 0 Å². The zero-order chi connectivity index (χ0) is 9.68. The molecule has 72 valence electrons. The minimum Gasteiger partial charge on any atom is -0.384 e. The Morgan fingerprint density at radius 3 is 3.00 bits per heavy atom. The van der Waals surface area contributed by atoms with Crippen molar-refractivity contribution in [3.63, 3.8) is 0 Å². The summed E-state index contributed by atoms with van der Waals surface area (Å²) in [5.74, 6) is 0.187. The number of aromatic nitrogens is 1. The monoisotopic (exact) mass is 199 g/mol. The van der Waals surface area contributed by atoms with Gasteiger partial charge in [-0.25, -0.2) is 4.98 Å². The summed E-state index contributed by atoms with van der Waals surface area (Å²) in [5, 5.41) is 2.94. The summed E-state index contributed by atoms with van der Waals surface area (Å²) in [5.41, 5.74) is 0.878. The molecule has 1 aromatic heterocycles. The van der Waals surface area contributed by atoms with Gasteiger partial charge in [-0.15, -0.1) is 11.3 Å². The van der Waals surface area contributed by atoms with Crippen molar-refractivity contribution in [3.8, 4) is 0 Å². The van der Waals surface area contributed by atoms with Gasteiger partial charge in [-0.05, 0) is 6.92 Å². The van der Waals surface area contributed by atoms with Crippen LogP contribution < -0.4 is 0 Å². The molecule has 0 radical (unpaired) electrons. The van der Waals surface area contributed by atoms with Crippen LogP contribution in [0.2, 0.25) is 0 Å². The number of carbonyl (C=O) groups is 1. The Kier molecular flexibility index (Phi) is 4.05. The van der Waals surface area contributed by atoms with Crippen LogP contribution in [0.5, 0.6) is 0 Å². The van der Waals surface area contributed by atoms with E-state index in [1.807, 2.05) is 12.3 Å². The van der Waals surface area contributed by atoms with Gasteiger partial charge >= 0.3 is 0 Å². The number of nitrogens with zero attached hydrogens (tertiary/aromatic N) is 1. The van der Waals surface area contributed by atoms with Crippen LogP contribution in [0.15, 0.2) is 5.38 Å². The highest BCUT2D eigenvalue weighted by atomic mass is 32.1. The second kappa shape index (κ2) is 5.09. The van der Waals surface area contributed by atoms with E-state index >= 15 is 0 Å². The second-order valence-electron chi connectivity index (χ2n) is 2.82. The first-order chi connectivity index (χ1) is 6.22. The van der Waals surface area contributed by atoms with Gasteiger partial charge in [0.2, 0.25) is 0 Å². The molecule has 0 fully saturated rings. The van der Waals surface area contributed by atoms with Crippen molar-refractivity contribution in [1.29, 1.82) is 0 Å². The van der Waals surface area contributed by atoms with Crippen molar-refractivity contribution in [1.82, 2.24) is 4.98 Å². The normalized spacial score (nSPS) is 10.3. The minimum absolute atomic E-state index is 0.187. The van der Waals surface area contributed by atoms with Crippen LogP contribution >= 0.6 is 11.3 Å². The van der Waals surface area contributed by atoms with Crippen molar-refractivity contribution in [3.05, 3.63) is 16.1 Å². The van der Waals surface area contributed by atoms with Gasteiger partial charge in [0.25, 0.3) is 0 Å². The Morgan fingerprint density at radius 1 is 1.69 bits per heavy atom. The fourth-order valence-electron chi connectivity index (χ4n) is 0.996. The van der Waals surface area contributed by atoms with Crippen LogP contribution in [-0.4, -0.2) is 24.5 Å². The summed E-state index contributed by atoms with van der Waals surface area (Å²) in [6.45, 7) is 2.44. The number of aryl methyl sites for hydroxylation is 1. The summed E-state index contributed by atoms with van der Waals surface area (Å²) in [6.07, 6.45) is 0.917. The molecule has 0 saturated heterocycles. The number of methoxy groups -OCH3 is 1. The quantitative estimate of drug-likeness (QED) is 0.723. The molecule has 0 bridgehead atoms. The van der Waals surface area contributed by atoms with Crippen molar-refractivity contribution in [2.45, 2.75) is 19.8 Å². The highest BCUT2D eigenvalue weighted by molar-refractivity contribution is 7.09. The molecule has 13 heavy (non-hydrogen) atoms. The van der Waals surface area contributed by atoms with E-state index in [2.05, 4.69) is 4.98 Å². The largest absolute Gasteiger partial charge is 0.384 e. The predicted molar refractivity (Wildman–Crippen MR) is 52.1 cm³/mol. The van der Waals surface area contributed by atoms with Gasteiger partial charge in [0.1, 0.15) is 5.78 Å². The number of thiazole rings is 1. The summed E-state index contributed by atoms with van der Waals surface area (Å²) in [6, 6.07) is 0. The average molecular weight is 199 g/mol. The van der Waals surface area contributed by atoms with Gasteiger partial charge in [0.15, 0.2) is 0 Å². The van der Waals surface area contributed by atoms with Crippen LogP contribution in [-0.2, 0) is 16.0 Å². The van der Waals surface area contributed by atoms with E-state index in [4.69, 9.17) is 4.74 Å². The molecule has 0 atom stereocenters. The first-order valence-corrected chi connectivity index (χ1v) is 5.02. The number of hydrogen-bond donors (Lipinski definition) is 0. The third kappa shape index (κ3) is 3.65. The van der Waals surface area contributed by atoms with E-state index in [9.17, 15) is 4.79 Å². The van der Waals surface area contributed by atoms with Crippen molar-refractivity contribution >= 4 is 17.1 Å². The first kappa shape index (κ1) is 10.3. The minimum atomic E-state index is 0.187. The number of carbonyl (C=O) groups excluding carboxylic acids is 1. The molecule has 0 aliphatic heterocycles. The average Bonchev–Trinajstić information content (AvgIpc) is 2.48. The molecule has 0 saturated carbocycles. The van der Waals surface area contributed by atoms with E-state index in [-0.39, 0.29) is 5.78 Å². The molecular formula is C9H13NO2S. The smallest absolute Gasteiger partial charge is 0.141 e. The molecule has 1 rings (SSSR count). The molecule has 0 unspecified atom stereocenters. The van der Waals surface area contributed by atoms with E-state index in [1.54, 1.807) is 18.4 Å². The van der Waals surface area contributed by atoms with Gasteiger partial charge in [0, 0.05) is 25.3 Å². The molecule has 4 heteroatoms. The Bertz CT molecular complexity index is 283. The maximum absolute atomic E-state index is 11.3. The Balaban J connectivity index is 2.36. The van der Waals surface area contributed by atoms with Gasteiger partial charge in [0.05, 0.1) is 17.3 Å². The van der Waals surface area contributed by atoms with Crippen LogP contribution in [0.1, 0.15) is 17.1 Å². The maximum atomic E-state index is 11.3. The molecule has 1 heterocycles. The molecule has 0 aliphatic carbocycles. The molecular weight excluding hydrogens is 186 g/mol. The molecule has 3 nitrogen and oxygen atoms in total. The molecule has 0 aliphatic rings. The molecule has 0 N–H and O–H groups in total. The number of Topliss-reactive ketones (excluding diaryl/α,β-unsaturated/α-hetero) is 1. The van der Waals surface area contributed by atoms with Crippen molar-refractivity contribution in [2.75, 3.05) is 13.7 Å². The highest BCUT2D eigenvalue weighted by Crippen LogP contribution is 2.09. The lowest BCUT2D eigenvalue weighted by molar-refractivity contribution is -0.119. The van der Waals surface area contributed by atoms with Crippen LogP contribution in [0.25, 0.3) is 0 Å². The van der Waals surface area contributed by atoms with E-state index in [0.717, 1.165) is 10.7 Å². The van der Waals surface area contributed by atoms with Gasteiger partial charge in [-0.1, -0.05) is 0 Å². The Labute approximate surface area is 81.8 Å². The van der Waals surface area contributed by atoms with Crippen LogP contribution in [0, 0.1) is 6.92 Å². The fourth-order valence-corrected chi connectivity index (χ4v) is 1.61. The summed E-state index contributed by atoms with van der Waals surface area (Å²) >= 11 is 1.58. The third-order valence-electron chi connectivity index (χ3n) is 1.63. The molecule has 0 amide bonds. The Morgan fingerprint density at radius 2 is 2.46 bits per heavy atom. The van der Waals surface area contributed by atoms with E-state index in [0.29, 0.717) is 19.4 Å².